The fraction of sp³-hybridized carbons (Fsp3) is 0.550. The summed E-state index contributed by atoms with van der Waals surface area (Å²) in [5.74, 6) is 1.91. The van der Waals surface area contributed by atoms with E-state index in [4.69, 9.17) is 19.4 Å². The first kappa shape index (κ1) is 37.5. The molecule has 8 heteroatoms. The third-order valence-corrected chi connectivity index (χ3v) is 8.67. The van der Waals surface area contributed by atoms with Crippen molar-refractivity contribution in [3.63, 3.8) is 0 Å². The van der Waals surface area contributed by atoms with Crippen LogP contribution in [-0.4, -0.2) is 59.5 Å². The van der Waals surface area contributed by atoms with Crippen molar-refractivity contribution in [3.05, 3.63) is 72.6 Å². The Kier molecular flexibility index (Phi) is 14.0. The lowest BCUT2D eigenvalue weighted by atomic mass is 9.86. The minimum atomic E-state index is 0.000482. The van der Waals surface area contributed by atoms with Crippen LogP contribution in [0.25, 0.3) is 33.6 Å². The minimum absolute atomic E-state index is 0.000482. The number of H-pyrrole nitrogens is 2. The standard InChI is InChI=1S/C40H60N6O2/c1-9-11-23-47-25-21-41-35(39(3,4)5)37-43-27-33(45-37)31-17-13-29(14-18-31)30-15-19-32(20-16-30)34-28-44-38(46-34)36(40(6,7)8)42-22-26-48-24-12-10-2/h13-20,27-28,35-36,41-42H,9-12,21-26H2,1-8H3,(H,43,45)(H,44,46)/t35-,36-/m1/s1. The van der Waals surface area contributed by atoms with Crippen LogP contribution in [-0.2, 0) is 9.47 Å². The van der Waals surface area contributed by atoms with Crippen molar-refractivity contribution in [2.24, 2.45) is 10.8 Å². The molecule has 2 aromatic carbocycles. The maximum Gasteiger partial charge on any atom is 0.124 e. The Morgan fingerprint density at radius 2 is 0.917 bits per heavy atom. The number of unbranched alkanes of at least 4 members (excludes halogenated alkanes) is 2. The van der Waals surface area contributed by atoms with Crippen LogP contribution in [0.2, 0.25) is 0 Å². The van der Waals surface area contributed by atoms with Crippen molar-refractivity contribution >= 4 is 0 Å². The van der Waals surface area contributed by atoms with Gasteiger partial charge in [0, 0.05) is 26.3 Å². The lowest BCUT2D eigenvalue weighted by Gasteiger charge is -2.30. The third-order valence-electron chi connectivity index (χ3n) is 8.67. The molecule has 0 saturated heterocycles. The quantitative estimate of drug-likeness (QED) is 0.0752. The van der Waals surface area contributed by atoms with Gasteiger partial charge >= 0.3 is 0 Å². The molecule has 2 aromatic heterocycles. The summed E-state index contributed by atoms with van der Waals surface area (Å²) in [6.07, 6.45) is 8.40. The minimum Gasteiger partial charge on any atom is -0.380 e. The van der Waals surface area contributed by atoms with Gasteiger partial charge in [0.1, 0.15) is 11.6 Å². The molecule has 2 atom stereocenters. The molecule has 0 saturated carbocycles. The normalized spacial score (nSPS) is 13.6. The number of rotatable bonds is 19. The topological polar surface area (TPSA) is 99.9 Å². The summed E-state index contributed by atoms with van der Waals surface area (Å²) >= 11 is 0. The van der Waals surface area contributed by atoms with Crippen LogP contribution >= 0.6 is 0 Å². The van der Waals surface area contributed by atoms with Gasteiger partial charge in [-0.15, -0.1) is 0 Å². The summed E-state index contributed by atoms with van der Waals surface area (Å²) < 4.78 is 11.5. The first-order valence-corrected chi connectivity index (χ1v) is 17.9. The Hall–Kier alpha value is -3.30. The monoisotopic (exact) mass is 656 g/mol. The Morgan fingerprint density at radius 3 is 1.25 bits per heavy atom. The van der Waals surface area contributed by atoms with Crippen LogP contribution in [0.4, 0.5) is 0 Å². The number of benzene rings is 2. The molecule has 0 aliphatic rings. The molecule has 0 aliphatic heterocycles. The maximum absolute atomic E-state index is 5.76. The van der Waals surface area contributed by atoms with E-state index >= 15 is 0 Å². The van der Waals surface area contributed by atoms with Gasteiger partial charge in [0.2, 0.25) is 0 Å². The molecule has 4 N–H and O–H groups in total. The lowest BCUT2D eigenvalue weighted by molar-refractivity contribution is 0.124. The number of ether oxygens (including phenoxy) is 2. The summed E-state index contributed by atoms with van der Waals surface area (Å²) in [5, 5.41) is 7.32. The number of imidazole rings is 2. The fourth-order valence-electron chi connectivity index (χ4n) is 5.82. The summed E-state index contributed by atoms with van der Waals surface area (Å²) in [5.41, 5.74) is 6.61. The molecular weight excluding hydrogens is 596 g/mol. The van der Waals surface area contributed by atoms with E-state index in [1.807, 2.05) is 12.4 Å². The smallest absolute Gasteiger partial charge is 0.124 e. The third kappa shape index (κ3) is 10.9. The van der Waals surface area contributed by atoms with Crippen molar-refractivity contribution in [1.29, 1.82) is 0 Å². The Balaban J connectivity index is 1.38. The van der Waals surface area contributed by atoms with Crippen molar-refractivity contribution in [1.82, 2.24) is 30.6 Å². The van der Waals surface area contributed by atoms with E-state index in [9.17, 15) is 0 Å². The highest BCUT2D eigenvalue weighted by atomic mass is 16.5. The number of aromatic nitrogens is 4. The lowest BCUT2D eigenvalue weighted by Crippen LogP contribution is -2.35. The number of hydrogen-bond donors (Lipinski definition) is 4. The second-order valence-electron chi connectivity index (χ2n) is 15.0. The van der Waals surface area contributed by atoms with E-state index in [1.54, 1.807) is 0 Å². The van der Waals surface area contributed by atoms with Crippen LogP contribution < -0.4 is 10.6 Å². The van der Waals surface area contributed by atoms with Crippen molar-refractivity contribution in [2.75, 3.05) is 39.5 Å². The molecule has 0 amide bonds. The molecule has 0 unspecified atom stereocenters. The van der Waals surface area contributed by atoms with Gasteiger partial charge in [-0.3, -0.25) is 0 Å². The van der Waals surface area contributed by atoms with Gasteiger partial charge in [0.15, 0.2) is 0 Å². The molecule has 0 fully saturated rings. The summed E-state index contributed by atoms with van der Waals surface area (Å²) in [6, 6.07) is 17.6. The fourth-order valence-corrected chi connectivity index (χ4v) is 5.82. The Labute approximate surface area is 289 Å². The first-order chi connectivity index (χ1) is 23.0. The summed E-state index contributed by atoms with van der Waals surface area (Å²) in [6.45, 7) is 22.4. The first-order valence-electron chi connectivity index (χ1n) is 17.9. The molecular formula is C40H60N6O2. The van der Waals surface area contributed by atoms with Crippen molar-refractivity contribution in [3.8, 4) is 33.6 Å². The van der Waals surface area contributed by atoms with Gasteiger partial charge in [-0.2, -0.15) is 0 Å². The summed E-state index contributed by atoms with van der Waals surface area (Å²) in [7, 11) is 0. The van der Waals surface area contributed by atoms with Crippen LogP contribution in [0, 0.1) is 10.8 Å². The average Bonchev–Trinajstić information content (AvgIpc) is 3.74. The van der Waals surface area contributed by atoms with Crippen LogP contribution in [0.5, 0.6) is 0 Å². The van der Waals surface area contributed by atoms with E-state index in [0.29, 0.717) is 13.2 Å². The summed E-state index contributed by atoms with van der Waals surface area (Å²) in [4.78, 5) is 16.7. The van der Waals surface area contributed by atoms with Gasteiger partial charge in [-0.05, 0) is 45.9 Å². The van der Waals surface area contributed by atoms with Crippen molar-refractivity contribution in [2.45, 2.75) is 93.2 Å². The molecule has 0 spiro atoms. The van der Waals surface area contributed by atoms with E-state index in [1.165, 1.54) is 11.1 Å². The Bertz CT molecular complexity index is 1360. The molecule has 262 valence electrons. The van der Waals surface area contributed by atoms with Gasteiger partial charge in [0.25, 0.3) is 0 Å². The second-order valence-corrected chi connectivity index (χ2v) is 15.0. The SMILES string of the molecule is CCCCOCCN[C@H](c1ncc(-c2ccc(-c3ccc(-c4cnc([C@@H](NCCOCCCC)C(C)(C)C)[nH]4)cc3)cc2)[nH]1)C(C)(C)C. The number of nitrogens with one attached hydrogen (secondary N) is 4. The zero-order chi connectivity index (χ0) is 34.6. The molecule has 4 aromatic rings. The van der Waals surface area contributed by atoms with E-state index in [2.05, 4.69) is 125 Å². The molecule has 4 rings (SSSR count). The average molecular weight is 657 g/mol. The largest absolute Gasteiger partial charge is 0.380 e. The highest BCUT2D eigenvalue weighted by Crippen LogP contribution is 2.34. The molecule has 0 bridgehead atoms. The predicted octanol–water partition coefficient (Wildman–Crippen LogP) is 9.12. The molecule has 0 aliphatic carbocycles. The molecule has 8 nitrogen and oxygen atoms in total. The predicted molar refractivity (Wildman–Crippen MR) is 199 cm³/mol. The maximum atomic E-state index is 5.76. The van der Waals surface area contributed by atoms with E-state index in [0.717, 1.165) is 86.2 Å². The van der Waals surface area contributed by atoms with Crippen LogP contribution in [0.3, 0.4) is 0 Å². The molecule has 2 heterocycles. The number of nitrogens with zero attached hydrogens (tertiary/aromatic N) is 2. The van der Waals surface area contributed by atoms with Gasteiger partial charge in [0.05, 0.1) is 49.1 Å². The Morgan fingerprint density at radius 1 is 0.562 bits per heavy atom. The molecule has 48 heavy (non-hydrogen) atoms. The zero-order valence-corrected chi connectivity index (χ0v) is 30.7. The number of hydrogen-bond acceptors (Lipinski definition) is 6. The van der Waals surface area contributed by atoms with Gasteiger partial charge < -0.3 is 30.1 Å². The molecule has 0 radical (unpaired) electrons. The van der Waals surface area contributed by atoms with Gasteiger partial charge in [-0.1, -0.05) is 117 Å². The highest BCUT2D eigenvalue weighted by Gasteiger charge is 2.29. The van der Waals surface area contributed by atoms with Gasteiger partial charge in [-0.25, -0.2) is 9.97 Å². The van der Waals surface area contributed by atoms with E-state index < -0.39 is 0 Å². The van der Waals surface area contributed by atoms with Crippen LogP contribution in [0.15, 0.2) is 60.9 Å². The second kappa shape index (κ2) is 17.9. The highest BCUT2D eigenvalue weighted by molar-refractivity contribution is 5.71. The number of aromatic amines is 2. The van der Waals surface area contributed by atoms with E-state index in [-0.39, 0.29) is 22.9 Å². The van der Waals surface area contributed by atoms with Crippen LogP contribution in [0.1, 0.15) is 105 Å². The zero-order valence-electron chi connectivity index (χ0n) is 30.7. The van der Waals surface area contributed by atoms with Crippen molar-refractivity contribution < 1.29 is 9.47 Å².